The summed E-state index contributed by atoms with van der Waals surface area (Å²) in [7, 11) is 0. The van der Waals surface area contributed by atoms with Gasteiger partial charge in [-0.05, 0) is 25.3 Å². The van der Waals surface area contributed by atoms with Crippen molar-refractivity contribution in [1.82, 2.24) is 0 Å². The van der Waals surface area contributed by atoms with E-state index < -0.39 is 12.1 Å². The number of aliphatic hydroxyl groups is 1. The first-order valence-corrected chi connectivity index (χ1v) is 8.00. The molecule has 0 saturated heterocycles. The van der Waals surface area contributed by atoms with Crippen LogP contribution in [0, 0.1) is 0 Å². The zero-order valence-electron chi connectivity index (χ0n) is 13.4. The molecule has 1 atom stereocenters. The Balaban J connectivity index is 3.60. The Labute approximate surface area is 133 Å². The van der Waals surface area contributed by atoms with Crippen LogP contribution in [0.15, 0.2) is 36.5 Å². The lowest BCUT2D eigenvalue weighted by Crippen LogP contribution is -1.97. The number of carboxylic acid groups (broad SMARTS) is 1. The van der Waals surface area contributed by atoms with E-state index in [2.05, 4.69) is 0 Å². The molecule has 0 bridgehead atoms. The van der Waals surface area contributed by atoms with Gasteiger partial charge in [-0.1, -0.05) is 56.6 Å². The van der Waals surface area contributed by atoms with Crippen LogP contribution < -0.4 is 0 Å². The van der Waals surface area contributed by atoms with Crippen LogP contribution in [0.25, 0.3) is 0 Å². The lowest BCUT2D eigenvalue weighted by Gasteiger charge is -1.98. The second-order valence-corrected chi connectivity index (χ2v) is 5.23. The zero-order valence-corrected chi connectivity index (χ0v) is 13.4. The van der Waals surface area contributed by atoms with Gasteiger partial charge in [0.1, 0.15) is 0 Å². The first kappa shape index (κ1) is 20.3. The van der Waals surface area contributed by atoms with Crippen LogP contribution in [-0.2, 0) is 9.59 Å². The molecule has 2 N–H and O–H groups in total. The van der Waals surface area contributed by atoms with Gasteiger partial charge in [0.05, 0.1) is 6.10 Å². The number of unbranched alkanes of at least 4 members (excludes halogenated alkanes) is 4. The number of hydrogen-bond donors (Lipinski definition) is 2. The fraction of sp³-hybridized carbons (Fsp3) is 0.556. The van der Waals surface area contributed by atoms with Crippen LogP contribution in [0.1, 0.15) is 58.3 Å². The molecule has 4 heteroatoms. The minimum Gasteiger partial charge on any atom is -0.481 e. The summed E-state index contributed by atoms with van der Waals surface area (Å²) in [5.41, 5.74) is 0. The Morgan fingerprint density at radius 3 is 2.14 bits per heavy atom. The highest BCUT2D eigenvalue weighted by Gasteiger charge is 1.98. The summed E-state index contributed by atoms with van der Waals surface area (Å²) in [6.07, 6.45) is 15.8. The zero-order chi connectivity index (χ0) is 16.6. The van der Waals surface area contributed by atoms with Crippen molar-refractivity contribution in [2.24, 2.45) is 0 Å². The Hall–Kier alpha value is -1.68. The molecule has 0 aliphatic carbocycles. The summed E-state index contributed by atoms with van der Waals surface area (Å²) in [5, 5.41) is 17.8. The van der Waals surface area contributed by atoms with Gasteiger partial charge in [-0.2, -0.15) is 0 Å². The number of aliphatic carboxylic acids is 1. The second-order valence-electron chi connectivity index (χ2n) is 5.23. The predicted octanol–water partition coefficient (Wildman–Crippen LogP) is 3.81. The van der Waals surface area contributed by atoms with Crippen LogP contribution >= 0.6 is 0 Å². The van der Waals surface area contributed by atoms with Gasteiger partial charge in [-0.3, -0.25) is 9.59 Å². The number of carboxylic acids is 1. The molecule has 0 aromatic carbocycles. The molecule has 0 aliphatic rings. The minimum absolute atomic E-state index is 0.104. The quantitative estimate of drug-likeness (QED) is 0.308. The molecule has 0 fully saturated rings. The molecule has 0 aromatic rings. The van der Waals surface area contributed by atoms with E-state index in [0.29, 0.717) is 19.3 Å². The Kier molecular flexibility index (Phi) is 13.2. The monoisotopic (exact) mass is 308 g/mol. The molecule has 0 radical (unpaired) electrons. The highest BCUT2D eigenvalue weighted by Crippen LogP contribution is 2.07. The van der Waals surface area contributed by atoms with Crippen molar-refractivity contribution in [3.05, 3.63) is 36.5 Å². The number of rotatable bonds is 13. The second kappa shape index (κ2) is 14.3. The Morgan fingerprint density at radius 1 is 0.909 bits per heavy atom. The first-order chi connectivity index (χ1) is 10.6. The highest BCUT2D eigenvalue weighted by atomic mass is 16.4. The average molecular weight is 308 g/mol. The molecule has 124 valence electrons. The number of carbonyl (C=O) groups excluding carboxylic acids is 1. The summed E-state index contributed by atoms with van der Waals surface area (Å²) in [6.45, 7) is 1.91. The van der Waals surface area contributed by atoms with Crippen molar-refractivity contribution >= 4 is 11.8 Å². The third-order valence-electron chi connectivity index (χ3n) is 3.18. The van der Waals surface area contributed by atoms with Crippen LogP contribution in [0.3, 0.4) is 0 Å². The number of allylic oxidation sites excluding steroid dienone is 5. The lowest BCUT2D eigenvalue weighted by molar-refractivity contribution is -0.137. The number of ketones is 1. The maximum Gasteiger partial charge on any atom is 0.303 e. The van der Waals surface area contributed by atoms with Gasteiger partial charge >= 0.3 is 5.97 Å². The van der Waals surface area contributed by atoms with Gasteiger partial charge in [0, 0.05) is 12.8 Å². The Morgan fingerprint density at radius 2 is 1.50 bits per heavy atom. The molecule has 0 unspecified atom stereocenters. The van der Waals surface area contributed by atoms with E-state index in [1.807, 2.05) is 6.92 Å². The number of hydrogen-bond acceptors (Lipinski definition) is 3. The summed E-state index contributed by atoms with van der Waals surface area (Å²) in [6, 6.07) is 0. The molecule has 0 amide bonds. The van der Waals surface area contributed by atoms with Crippen LogP contribution in [0.4, 0.5) is 0 Å². The van der Waals surface area contributed by atoms with Gasteiger partial charge < -0.3 is 10.2 Å². The van der Waals surface area contributed by atoms with E-state index in [1.54, 1.807) is 36.5 Å². The van der Waals surface area contributed by atoms with Gasteiger partial charge in [-0.15, -0.1) is 0 Å². The summed E-state index contributed by atoms with van der Waals surface area (Å²) in [4.78, 5) is 21.9. The van der Waals surface area contributed by atoms with Crippen LogP contribution in [0.2, 0.25) is 0 Å². The standard InChI is InChI=1S/C18H28O4/c1-2-16(19)12-8-6-7-10-14-17(20)13-9-4-3-5-11-15-18(21)22/h6-8,10,12,14,16,19H,2-5,9,11,13,15H2,1H3,(H,21,22)/b7-6+,12-8-,14-10+/t16-/m0/s1. The van der Waals surface area contributed by atoms with Crippen molar-refractivity contribution < 1.29 is 19.8 Å². The average Bonchev–Trinajstić information content (AvgIpc) is 2.49. The van der Waals surface area contributed by atoms with E-state index in [0.717, 1.165) is 25.7 Å². The number of aliphatic hydroxyl groups excluding tert-OH is 1. The molecule has 0 saturated carbocycles. The molecular formula is C18H28O4. The van der Waals surface area contributed by atoms with Gasteiger partial charge in [0.15, 0.2) is 5.78 Å². The minimum atomic E-state index is -0.743. The molecule has 4 nitrogen and oxygen atoms in total. The van der Waals surface area contributed by atoms with Crippen LogP contribution in [0.5, 0.6) is 0 Å². The van der Waals surface area contributed by atoms with E-state index in [1.165, 1.54) is 0 Å². The van der Waals surface area contributed by atoms with Gasteiger partial charge in [0.2, 0.25) is 0 Å². The van der Waals surface area contributed by atoms with Crippen molar-refractivity contribution in [2.45, 2.75) is 64.4 Å². The van der Waals surface area contributed by atoms with Gasteiger partial charge in [-0.25, -0.2) is 0 Å². The summed E-state index contributed by atoms with van der Waals surface area (Å²) < 4.78 is 0. The molecule has 22 heavy (non-hydrogen) atoms. The predicted molar refractivity (Wildman–Crippen MR) is 88.7 cm³/mol. The van der Waals surface area contributed by atoms with E-state index in [-0.39, 0.29) is 12.2 Å². The Bertz CT molecular complexity index is 394. The normalized spacial score (nSPS) is 13.4. The highest BCUT2D eigenvalue weighted by molar-refractivity contribution is 5.89. The van der Waals surface area contributed by atoms with E-state index in [4.69, 9.17) is 5.11 Å². The molecule has 0 aromatic heterocycles. The van der Waals surface area contributed by atoms with Crippen molar-refractivity contribution in [3.8, 4) is 0 Å². The fourth-order valence-corrected chi connectivity index (χ4v) is 1.81. The maximum atomic E-state index is 11.6. The SMILES string of the molecule is CC[C@H](O)\C=C/C=C/C=C/C(=O)CCCCCCCC(=O)O. The molecule has 0 aliphatic heterocycles. The maximum absolute atomic E-state index is 11.6. The van der Waals surface area contributed by atoms with E-state index in [9.17, 15) is 14.7 Å². The smallest absolute Gasteiger partial charge is 0.303 e. The summed E-state index contributed by atoms with van der Waals surface area (Å²) in [5.74, 6) is -0.639. The third kappa shape index (κ3) is 14.7. The molecular weight excluding hydrogens is 280 g/mol. The lowest BCUT2D eigenvalue weighted by atomic mass is 10.1. The topological polar surface area (TPSA) is 74.6 Å². The largest absolute Gasteiger partial charge is 0.481 e. The van der Waals surface area contributed by atoms with Crippen LogP contribution in [-0.4, -0.2) is 28.1 Å². The van der Waals surface area contributed by atoms with E-state index >= 15 is 0 Å². The summed E-state index contributed by atoms with van der Waals surface area (Å²) >= 11 is 0. The van der Waals surface area contributed by atoms with Crippen molar-refractivity contribution in [3.63, 3.8) is 0 Å². The van der Waals surface area contributed by atoms with Crippen molar-refractivity contribution in [1.29, 1.82) is 0 Å². The molecule has 0 heterocycles. The first-order valence-electron chi connectivity index (χ1n) is 8.00. The molecule has 0 spiro atoms. The third-order valence-corrected chi connectivity index (χ3v) is 3.18. The van der Waals surface area contributed by atoms with Gasteiger partial charge in [0.25, 0.3) is 0 Å². The number of carbonyl (C=O) groups is 2. The molecule has 0 rings (SSSR count). The van der Waals surface area contributed by atoms with Crippen molar-refractivity contribution in [2.75, 3.05) is 0 Å². The fourth-order valence-electron chi connectivity index (χ4n) is 1.81.